The maximum atomic E-state index is 12.8. The quantitative estimate of drug-likeness (QED) is 0.635. The fourth-order valence-corrected chi connectivity index (χ4v) is 4.72. The van der Waals surface area contributed by atoms with E-state index in [2.05, 4.69) is 9.97 Å². The lowest BCUT2D eigenvalue weighted by molar-refractivity contribution is -0.134. The van der Waals surface area contributed by atoms with E-state index in [-0.39, 0.29) is 19.0 Å². The van der Waals surface area contributed by atoms with Crippen molar-refractivity contribution in [3.05, 3.63) is 67.0 Å². The van der Waals surface area contributed by atoms with Gasteiger partial charge in [-0.15, -0.1) is 11.3 Å². The summed E-state index contributed by atoms with van der Waals surface area (Å²) in [5.74, 6) is 1.12. The maximum Gasteiger partial charge on any atom is 0.425 e. The van der Waals surface area contributed by atoms with Gasteiger partial charge < -0.3 is 14.7 Å². The van der Waals surface area contributed by atoms with Crippen molar-refractivity contribution >= 4 is 17.3 Å². The average Bonchev–Trinajstić information content (AvgIpc) is 3.20. The Balaban J connectivity index is 1.61. The minimum absolute atomic E-state index is 0.0480. The van der Waals surface area contributed by atoms with E-state index in [1.54, 1.807) is 18.9 Å². The number of hydrogen-bond donors (Lipinski definition) is 1. The molecular formula is C21H21F3N4O3S. The molecule has 3 heterocycles. The van der Waals surface area contributed by atoms with Crippen molar-refractivity contribution in [3.8, 4) is 5.75 Å². The Kier molecular flexibility index (Phi) is 5.72. The first kappa shape index (κ1) is 22.3. The zero-order chi connectivity index (χ0) is 23.2. The molecule has 1 N–H and O–H groups in total. The highest BCUT2D eigenvalue weighted by Crippen LogP contribution is 2.37. The maximum absolute atomic E-state index is 12.8. The van der Waals surface area contributed by atoms with Gasteiger partial charge in [-0.05, 0) is 37.1 Å². The SMILES string of the molecule is COc1c(C)ccc2c1C(O)CN(c1nc(C)n(Cc3ccc(C(F)(F)F)s3)c(=O)n1)C2. The summed E-state index contributed by atoms with van der Waals surface area (Å²) in [4.78, 5) is 22.5. The first-order chi connectivity index (χ1) is 15.1. The van der Waals surface area contributed by atoms with Crippen molar-refractivity contribution in [1.82, 2.24) is 14.5 Å². The number of benzene rings is 1. The lowest BCUT2D eigenvalue weighted by Crippen LogP contribution is -2.38. The molecular weight excluding hydrogens is 445 g/mol. The highest BCUT2D eigenvalue weighted by molar-refractivity contribution is 7.12. The number of fused-ring (bicyclic) bond motifs is 1. The van der Waals surface area contributed by atoms with Crippen LogP contribution in [0.3, 0.4) is 0 Å². The van der Waals surface area contributed by atoms with E-state index in [4.69, 9.17) is 4.74 Å². The number of halogens is 3. The molecule has 2 aromatic heterocycles. The lowest BCUT2D eigenvalue weighted by atomic mass is 9.94. The van der Waals surface area contributed by atoms with Crippen LogP contribution in [-0.4, -0.2) is 33.3 Å². The number of alkyl halides is 3. The molecule has 11 heteroatoms. The summed E-state index contributed by atoms with van der Waals surface area (Å²) >= 11 is 0.586. The number of β-amino-alcohol motifs (C(OH)–C–C–N with tert-alkyl or cyclic N) is 1. The molecule has 0 bridgehead atoms. The molecule has 32 heavy (non-hydrogen) atoms. The summed E-state index contributed by atoms with van der Waals surface area (Å²) in [7, 11) is 1.55. The first-order valence-electron chi connectivity index (χ1n) is 9.79. The number of hydrogen-bond acceptors (Lipinski definition) is 7. The van der Waals surface area contributed by atoms with Crippen LogP contribution in [0.2, 0.25) is 0 Å². The standard InChI is InChI=1S/C21H21F3N4O3S/c1-11-4-5-13-8-27(10-15(29)17(13)18(11)31-3)19-25-12(2)28(20(30)26-19)9-14-6-7-16(32-14)21(22,23)24/h4-7,15,29H,8-10H2,1-3H3. The van der Waals surface area contributed by atoms with Crippen molar-refractivity contribution in [2.75, 3.05) is 18.6 Å². The fraction of sp³-hybridized carbons (Fsp3) is 0.381. The summed E-state index contributed by atoms with van der Waals surface area (Å²) in [6.45, 7) is 4.01. The van der Waals surface area contributed by atoms with Gasteiger partial charge in [-0.1, -0.05) is 12.1 Å². The number of aliphatic hydroxyl groups excluding tert-OH is 1. The molecule has 0 radical (unpaired) electrons. The molecule has 1 aromatic carbocycles. The van der Waals surface area contributed by atoms with E-state index in [0.717, 1.165) is 17.2 Å². The zero-order valence-electron chi connectivity index (χ0n) is 17.6. The number of nitrogens with zero attached hydrogens (tertiary/aromatic N) is 4. The Hall–Kier alpha value is -2.92. The minimum atomic E-state index is -4.42. The molecule has 170 valence electrons. The van der Waals surface area contributed by atoms with E-state index in [1.807, 2.05) is 19.1 Å². The minimum Gasteiger partial charge on any atom is -0.496 e. The molecule has 0 fully saturated rings. The molecule has 0 amide bonds. The second kappa shape index (κ2) is 8.21. The van der Waals surface area contributed by atoms with Crippen LogP contribution in [0.5, 0.6) is 5.75 Å². The number of ether oxygens (including phenoxy) is 1. The Morgan fingerprint density at radius 3 is 2.59 bits per heavy atom. The Labute approximate surface area is 185 Å². The number of aryl methyl sites for hydroxylation is 2. The predicted molar refractivity (Wildman–Crippen MR) is 113 cm³/mol. The Bertz CT molecular complexity index is 1220. The van der Waals surface area contributed by atoms with Crippen LogP contribution in [0.15, 0.2) is 29.1 Å². The van der Waals surface area contributed by atoms with E-state index < -0.39 is 22.8 Å². The first-order valence-corrected chi connectivity index (χ1v) is 10.6. The summed E-state index contributed by atoms with van der Waals surface area (Å²) < 4.78 is 45.2. The van der Waals surface area contributed by atoms with Gasteiger partial charge in [-0.3, -0.25) is 4.57 Å². The van der Waals surface area contributed by atoms with Crippen molar-refractivity contribution in [1.29, 1.82) is 0 Å². The van der Waals surface area contributed by atoms with Gasteiger partial charge in [0, 0.05) is 17.0 Å². The third kappa shape index (κ3) is 4.09. The van der Waals surface area contributed by atoms with Gasteiger partial charge in [0.25, 0.3) is 0 Å². The molecule has 1 aliphatic heterocycles. The second-order valence-electron chi connectivity index (χ2n) is 7.59. The number of aliphatic hydroxyl groups is 1. The van der Waals surface area contributed by atoms with Gasteiger partial charge in [0.2, 0.25) is 5.95 Å². The monoisotopic (exact) mass is 466 g/mol. The molecule has 0 spiro atoms. The van der Waals surface area contributed by atoms with Gasteiger partial charge in [0.1, 0.15) is 22.6 Å². The van der Waals surface area contributed by atoms with Crippen LogP contribution in [-0.2, 0) is 19.3 Å². The summed E-state index contributed by atoms with van der Waals surface area (Å²) in [6, 6.07) is 6.14. The summed E-state index contributed by atoms with van der Waals surface area (Å²) in [6.07, 6.45) is -5.28. The van der Waals surface area contributed by atoms with Crippen LogP contribution >= 0.6 is 11.3 Å². The van der Waals surface area contributed by atoms with Crippen LogP contribution in [0.1, 0.15) is 38.4 Å². The number of methoxy groups -OCH3 is 1. The van der Waals surface area contributed by atoms with Crippen LogP contribution in [0.25, 0.3) is 0 Å². The van der Waals surface area contributed by atoms with E-state index >= 15 is 0 Å². The predicted octanol–water partition coefficient (Wildman–Crippen LogP) is 3.45. The van der Waals surface area contributed by atoms with Crippen LogP contribution in [0.4, 0.5) is 19.1 Å². The van der Waals surface area contributed by atoms with Crippen LogP contribution < -0.4 is 15.3 Å². The molecule has 0 saturated carbocycles. The van der Waals surface area contributed by atoms with Gasteiger partial charge >= 0.3 is 11.9 Å². The molecule has 1 atom stereocenters. The molecule has 7 nitrogen and oxygen atoms in total. The number of anilines is 1. The van der Waals surface area contributed by atoms with E-state index in [9.17, 15) is 23.1 Å². The molecule has 0 aliphatic carbocycles. The van der Waals surface area contributed by atoms with Crippen LogP contribution in [0, 0.1) is 13.8 Å². The zero-order valence-corrected chi connectivity index (χ0v) is 18.4. The number of thiophene rings is 1. The fourth-order valence-electron chi connectivity index (χ4n) is 3.85. The topological polar surface area (TPSA) is 80.5 Å². The largest absolute Gasteiger partial charge is 0.496 e. The third-order valence-electron chi connectivity index (χ3n) is 5.39. The van der Waals surface area contributed by atoms with Gasteiger partial charge in [-0.2, -0.15) is 23.1 Å². The molecule has 3 aromatic rings. The van der Waals surface area contributed by atoms with E-state index in [1.165, 1.54) is 10.6 Å². The lowest BCUT2D eigenvalue weighted by Gasteiger charge is -2.33. The van der Waals surface area contributed by atoms with Gasteiger partial charge in [-0.25, -0.2) is 4.79 Å². The van der Waals surface area contributed by atoms with Gasteiger partial charge in [0.05, 0.1) is 20.2 Å². The van der Waals surface area contributed by atoms with Crippen molar-refractivity contribution in [2.45, 2.75) is 39.2 Å². The molecule has 1 aliphatic rings. The normalized spacial score (nSPS) is 16.2. The number of rotatable bonds is 4. The van der Waals surface area contributed by atoms with Crippen molar-refractivity contribution in [2.24, 2.45) is 0 Å². The Morgan fingerprint density at radius 2 is 1.97 bits per heavy atom. The second-order valence-corrected chi connectivity index (χ2v) is 8.76. The Morgan fingerprint density at radius 1 is 1.22 bits per heavy atom. The molecule has 4 rings (SSSR count). The highest BCUT2D eigenvalue weighted by atomic mass is 32.1. The number of aromatic nitrogens is 3. The summed E-state index contributed by atoms with van der Waals surface area (Å²) in [5, 5.41) is 10.7. The third-order valence-corrected chi connectivity index (χ3v) is 6.51. The van der Waals surface area contributed by atoms with Crippen molar-refractivity contribution < 1.29 is 23.0 Å². The van der Waals surface area contributed by atoms with Crippen molar-refractivity contribution in [3.63, 3.8) is 0 Å². The van der Waals surface area contributed by atoms with E-state index in [0.29, 0.717) is 39.9 Å². The highest BCUT2D eigenvalue weighted by Gasteiger charge is 2.33. The van der Waals surface area contributed by atoms with Gasteiger partial charge in [0.15, 0.2) is 0 Å². The summed E-state index contributed by atoms with van der Waals surface area (Å²) in [5.41, 5.74) is 1.86. The molecule has 1 unspecified atom stereocenters. The average molecular weight is 466 g/mol. The smallest absolute Gasteiger partial charge is 0.425 e. The molecule has 0 saturated heterocycles.